The van der Waals surface area contributed by atoms with Gasteiger partial charge in [-0.25, -0.2) is 0 Å². The molecule has 0 unspecified atom stereocenters. The van der Waals surface area contributed by atoms with Crippen LogP contribution in [0.4, 0.5) is 0 Å². The Morgan fingerprint density at radius 2 is 1.82 bits per heavy atom. The maximum atomic E-state index is 12.2. The molecule has 17 heavy (non-hydrogen) atoms. The molecule has 2 aromatic rings. The molecule has 0 saturated carbocycles. The van der Waals surface area contributed by atoms with Gasteiger partial charge >= 0.3 is 0 Å². The maximum absolute atomic E-state index is 12.2. The zero-order chi connectivity index (χ0) is 12.0. The zero-order valence-electron chi connectivity index (χ0n) is 9.78. The number of ketones is 1. The smallest absolute Gasteiger partial charge is 0.194 e. The number of fused-ring (bicyclic) bond motifs is 3. The van der Waals surface area contributed by atoms with E-state index in [1.165, 1.54) is 0 Å². The summed E-state index contributed by atoms with van der Waals surface area (Å²) in [5.74, 6) is 0.897. The van der Waals surface area contributed by atoms with E-state index in [4.69, 9.17) is 4.74 Å². The molecule has 1 aliphatic rings. The van der Waals surface area contributed by atoms with E-state index in [9.17, 15) is 4.79 Å². The van der Waals surface area contributed by atoms with Gasteiger partial charge in [0.2, 0.25) is 0 Å². The van der Waals surface area contributed by atoms with Crippen molar-refractivity contribution in [1.82, 2.24) is 0 Å². The fraction of sp³-hybridized carbons (Fsp3) is 0.133. The Morgan fingerprint density at radius 1 is 1.00 bits per heavy atom. The van der Waals surface area contributed by atoms with Crippen molar-refractivity contribution in [3.05, 3.63) is 53.1 Å². The largest absolute Gasteiger partial charge is 0.497 e. The van der Waals surface area contributed by atoms with Crippen molar-refractivity contribution in [1.29, 1.82) is 0 Å². The third-order valence-corrected chi connectivity index (χ3v) is 3.26. The summed E-state index contributed by atoms with van der Waals surface area (Å²) in [7, 11) is 1.64. The van der Waals surface area contributed by atoms with Crippen LogP contribution in [0.25, 0.3) is 11.1 Å². The van der Waals surface area contributed by atoms with Gasteiger partial charge in [-0.2, -0.15) is 0 Å². The van der Waals surface area contributed by atoms with E-state index < -0.39 is 0 Å². The molecular formula is C15H12O2. The second-order valence-electron chi connectivity index (χ2n) is 4.24. The molecule has 2 heteroatoms. The molecule has 0 spiro atoms. The minimum absolute atomic E-state index is 0.112. The lowest BCUT2D eigenvalue weighted by molar-refractivity contribution is 0.104. The molecule has 0 heterocycles. The van der Waals surface area contributed by atoms with E-state index >= 15 is 0 Å². The second-order valence-corrected chi connectivity index (χ2v) is 4.24. The number of rotatable bonds is 1. The van der Waals surface area contributed by atoms with Crippen molar-refractivity contribution < 1.29 is 9.53 Å². The monoisotopic (exact) mass is 224 g/mol. The van der Waals surface area contributed by atoms with Crippen LogP contribution < -0.4 is 4.74 Å². The van der Waals surface area contributed by atoms with Gasteiger partial charge in [-0.1, -0.05) is 18.2 Å². The normalized spacial score (nSPS) is 12.2. The summed E-state index contributed by atoms with van der Waals surface area (Å²) < 4.78 is 5.22. The first-order chi connectivity index (χ1) is 8.22. The number of carbonyl (C=O) groups excluding carboxylic acids is 1. The fourth-order valence-corrected chi connectivity index (χ4v) is 2.41. The van der Waals surface area contributed by atoms with Gasteiger partial charge in [-0.15, -0.1) is 0 Å². The van der Waals surface area contributed by atoms with E-state index in [-0.39, 0.29) is 5.78 Å². The molecule has 1 aliphatic carbocycles. The number of hydrogen-bond acceptors (Lipinski definition) is 2. The topological polar surface area (TPSA) is 26.3 Å². The molecule has 0 radical (unpaired) electrons. The van der Waals surface area contributed by atoms with E-state index in [0.29, 0.717) is 0 Å². The molecule has 0 fully saturated rings. The highest BCUT2D eigenvalue weighted by atomic mass is 16.5. The van der Waals surface area contributed by atoms with Crippen molar-refractivity contribution in [3.8, 4) is 16.9 Å². The summed E-state index contributed by atoms with van der Waals surface area (Å²) in [5.41, 5.74) is 4.74. The number of benzene rings is 2. The van der Waals surface area contributed by atoms with Crippen molar-refractivity contribution in [2.24, 2.45) is 0 Å². The van der Waals surface area contributed by atoms with E-state index in [0.717, 1.165) is 33.6 Å². The fourth-order valence-electron chi connectivity index (χ4n) is 2.41. The third-order valence-electron chi connectivity index (χ3n) is 3.26. The Kier molecular flexibility index (Phi) is 2.05. The Balaban J connectivity index is 2.35. The lowest BCUT2D eigenvalue weighted by Crippen LogP contribution is -1.94. The number of aryl methyl sites for hydroxylation is 1. The highest BCUT2D eigenvalue weighted by Gasteiger charge is 2.27. The predicted molar refractivity (Wildman–Crippen MR) is 66.6 cm³/mol. The van der Waals surface area contributed by atoms with Crippen LogP contribution in [0.15, 0.2) is 36.4 Å². The Bertz CT molecular complexity index is 627. The lowest BCUT2D eigenvalue weighted by Gasteiger charge is -2.05. The molecule has 0 amide bonds. The van der Waals surface area contributed by atoms with Crippen molar-refractivity contribution in [3.63, 3.8) is 0 Å². The van der Waals surface area contributed by atoms with Crippen LogP contribution in [0.1, 0.15) is 21.5 Å². The first-order valence-corrected chi connectivity index (χ1v) is 5.55. The summed E-state index contributed by atoms with van der Waals surface area (Å²) >= 11 is 0. The van der Waals surface area contributed by atoms with Gasteiger partial charge < -0.3 is 4.74 Å². The van der Waals surface area contributed by atoms with Crippen molar-refractivity contribution in [2.75, 3.05) is 7.11 Å². The summed E-state index contributed by atoms with van der Waals surface area (Å²) in [6.45, 7) is 2.03. The van der Waals surface area contributed by atoms with Gasteiger partial charge in [0.25, 0.3) is 0 Å². The van der Waals surface area contributed by atoms with Gasteiger partial charge in [0.05, 0.1) is 7.11 Å². The van der Waals surface area contributed by atoms with Gasteiger partial charge in [-0.05, 0) is 41.8 Å². The van der Waals surface area contributed by atoms with Crippen molar-refractivity contribution >= 4 is 5.78 Å². The molecule has 0 aliphatic heterocycles. The minimum atomic E-state index is 0.112. The first-order valence-electron chi connectivity index (χ1n) is 5.55. The number of hydrogen-bond donors (Lipinski definition) is 0. The Hall–Kier alpha value is -2.09. The van der Waals surface area contributed by atoms with Gasteiger partial charge in [0, 0.05) is 11.1 Å². The van der Waals surface area contributed by atoms with Crippen LogP contribution in [0.2, 0.25) is 0 Å². The van der Waals surface area contributed by atoms with Crippen LogP contribution in [0.3, 0.4) is 0 Å². The van der Waals surface area contributed by atoms with Crippen molar-refractivity contribution in [2.45, 2.75) is 6.92 Å². The molecule has 0 atom stereocenters. The van der Waals surface area contributed by atoms with Gasteiger partial charge in [0.1, 0.15) is 5.75 Å². The number of methoxy groups -OCH3 is 1. The van der Waals surface area contributed by atoms with E-state index in [1.807, 2.05) is 43.3 Å². The molecule has 3 rings (SSSR count). The summed E-state index contributed by atoms with van der Waals surface area (Å²) in [4.78, 5) is 12.2. The molecule has 0 N–H and O–H groups in total. The highest BCUT2D eigenvalue weighted by molar-refractivity contribution is 6.22. The van der Waals surface area contributed by atoms with Gasteiger partial charge in [0.15, 0.2) is 5.78 Å². The average molecular weight is 224 g/mol. The number of ether oxygens (including phenoxy) is 1. The minimum Gasteiger partial charge on any atom is -0.497 e. The summed E-state index contributed by atoms with van der Waals surface area (Å²) in [6, 6.07) is 11.5. The Morgan fingerprint density at radius 3 is 2.59 bits per heavy atom. The highest BCUT2D eigenvalue weighted by Crippen LogP contribution is 2.40. The van der Waals surface area contributed by atoms with E-state index in [1.54, 1.807) is 7.11 Å². The van der Waals surface area contributed by atoms with Crippen LogP contribution in [0, 0.1) is 6.92 Å². The molecule has 0 aromatic heterocycles. The molecular weight excluding hydrogens is 212 g/mol. The quantitative estimate of drug-likeness (QED) is 0.634. The first kappa shape index (κ1) is 10.1. The standard InChI is InChI=1S/C15H12O2/c1-9-4-3-5-12-14(9)13-8-10(17-2)6-7-11(13)15(12)16/h3-8H,1-2H3. The molecule has 0 saturated heterocycles. The summed E-state index contributed by atoms with van der Waals surface area (Å²) in [5, 5.41) is 0. The van der Waals surface area contributed by atoms with E-state index in [2.05, 4.69) is 0 Å². The number of carbonyl (C=O) groups is 1. The van der Waals surface area contributed by atoms with Crippen LogP contribution in [-0.4, -0.2) is 12.9 Å². The van der Waals surface area contributed by atoms with Crippen LogP contribution in [0.5, 0.6) is 5.75 Å². The van der Waals surface area contributed by atoms with Crippen LogP contribution >= 0.6 is 0 Å². The molecule has 0 bridgehead atoms. The molecule has 2 aromatic carbocycles. The predicted octanol–water partition coefficient (Wildman–Crippen LogP) is 3.22. The Labute approximate surface area is 99.9 Å². The SMILES string of the molecule is COc1ccc2c(c1)-c1c(C)cccc1C2=O. The molecule has 84 valence electrons. The summed E-state index contributed by atoms with van der Waals surface area (Å²) in [6.07, 6.45) is 0. The lowest BCUT2D eigenvalue weighted by atomic mass is 10.0. The average Bonchev–Trinajstić information content (AvgIpc) is 2.64. The second kappa shape index (κ2) is 3.45. The zero-order valence-corrected chi connectivity index (χ0v) is 9.78. The maximum Gasteiger partial charge on any atom is 0.194 e. The van der Waals surface area contributed by atoms with Gasteiger partial charge in [-0.3, -0.25) is 4.79 Å². The molecule has 2 nitrogen and oxygen atoms in total. The third kappa shape index (κ3) is 1.30. The van der Waals surface area contributed by atoms with Crippen LogP contribution in [-0.2, 0) is 0 Å².